The molecule has 0 bridgehead atoms. The number of hydrogen-bond acceptors (Lipinski definition) is 9. The van der Waals surface area contributed by atoms with Gasteiger partial charge in [0, 0.05) is 48.9 Å². The van der Waals surface area contributed by atoms with E-state index in [2.05, 4.69) is 15.7 Å². The quantitative estimate of drug-likeness (QED) is 0.493. The summed E-state index contributed by atoms with van der Waals surface area (Å²) in [5.41, 5.74) is -0.483. The molecule has 2 aliphatic heterocycles. The lowest BCUT2D eigenvalue weighted by Crippen LogP contribution is -2.61. The predicted octanol–water partition coefficient (Wildman–Crippen LogP) is 3.46. The fourth-order valence-electron chi connectivity index (χ4n) is 5.25. The standard InChI is InChI=1S/C28H39F2N5O7S/c1-27(2,3)41-25(36)31-11-19-22(34-12-16-13-35(43(7,38)39)33-21(16)14-34)15-40-24(18-10-17(29)8-9-20(18)30)23(19)32-26(37)42-28(4,5)6/h8-10,13,19,22-24H,11-12,14-15H2,1-7H3,(H,31,36)(H,32,37)/t19?,22-,23-,24+/m0/s1. The summed E-state index contributed by atoms with van der Waals surface area (Å²) in [5, 5.41) is 9.76. The van der Waals surface area contributed by atoms with Crippen LogP contribution in [-0.2, 0) is 37.3 Å². The van der Waals surface area contributed by atoms with Crippen LogP contribution in [0.1, 0.15) is 64.5 Å². The molecule has 2 N–H and O–H groups in total. The predicted molar refractivity (Wildman–Crippen MR) is 151 cm³/mol. The van der Waals surface area contributed by atoms with Gasteiger partial charge in [-0.2, -0.15) is 9.19 Å². The summed E-state index contributed by atoms with van der Waals surface area (Å²) in [6, 6.07) is 1.51. The average molecular weight is 628 g/mol. The molecule has 1 saturated heterocycles. The van der Waals surface area contributed by atoms with E-state index in [0.29, 0.717) is 17.8 Å². The topological polar surface area (TPSA) is 141 Å². The van der Waals surface area contributed by atoms with Crippen LogP contribution in [0.25, 0.3) is 0 Å². The Morgan fingerprint density at radius 2 is 1.72 bits per heavy atom. The van der Waals surface area contributed by atoms with Crippen molar-refractivity contribution in [1.82, 2.24) is 24.7 Å². The van der Waals surface area contributed by atoms with Crippen LogP contribution in [0.2, 0.25) is 0 Å². The minimum Gasteiger partial charge on any atom is -0.444 e. The highest BCUT2D eigenvalue weighted by Gasteiger charge is 2.47. The summed E-state index contributed by atoms with van der Waals surface area (Å²) >= 11 is 0. The highest BCUT2D eigenvalue weighted by molar-refractivity contribution is 7.89. The first-order chi connectivity index (χ1) is 19.8. The van der Waals surface area contributed by atoms with Crippen LogP contribution < -0.4 is 10.6 Å². The molecule has 1 unspecified atom stereocenters. The Bertz CT molecular complexity index is 1450. The molecular formula is C28H39F2N5O7S. The first kappa shape index (κ1) is 32.6. The van der Waals surface area contributed by atoms with Crippen molar-refractivity contribution in [3.63, 3.8) is 0 Å². The van der Waals surface area contributed by atoms with Gasteiger partial charge in [-0.3, -0.25) is 4.90 Å². The SMILES string of the molecule is CC(C)(C)OC(=O)NCC1[C@H](NC(=O)OC(C)(C)C)[C@@H](c2cc(F)ccc2F)OC[C@@H]1N1Cc2cn(S(C)(=O)=O)nc2C1. The molecule has 1 aromatic heterocycles. The molecular weight excluding hydrogens is 588 g/mol. The fourth-order valence-corrected chi connectivity index (χ4v) is 5.81. The average Bonchev–Trinajstić information content (AvgIpc) is 3.42. The molecule has 4 atom stereocenters. The maximum absolute atomic E-state index is 15.1. The van der Waals surface area contributed by atoms with E-state index in [4.69, 9.17) is 14.2 Å². The largest absolute Gasteiger partial charge is 0.444 e. The second kappa shape index (κ2) is 12.0. The second-order valence-electron chi connectivity index (χ2n) is 12.8. The molecule has 2 amide bonds. The van der Waals surface area contributed by atoms with Crippen molar-refractivity contribution in [3.05, 3.63) is 52.9 Å². The Morgan fingerprint density at radius 3 is 2.33 bits per heavy atom. The number of ether oxygens (including phenoxy) is 3. The maximum Gasteiger partial charge on any atom is 0.407 e. The minimum atomic E-state index is -3.58. The van der Waals surface area contributed by atoms with Gasteiger partial charge in [0.2, 0.25) is 0 Å². The number of alkyl carbamates (subject to hydrolysis) is 2. The van der Waals surface area contributed by atoms with E-state index < -0.39 is 69.2 Å². The van der Waals surface area contributed by atoms with Crippen molar-refractivity contribution < 1.29 is 41.0 Å². The number of carbonyl (C=O) groups is 2. The first-order valence-corrected chi connectivity index (χ1v) is 15.7. The molecule has 1 aromatic carbocycles. The number of benzene rings is 1. The zero-order valence-electron chi connectivity index (χ0n) is 25.3. The Morgan fingerprint density at radius 1 is 1.07 bits per heavy atom. The Kier molecular flexibility index (Phi) is 9.10. The van der Waals surface area contributed by atoms with Gasteiger partial charge in [-0.1, -0.05) is 0 Å². The van der Waals surface area contributed by atoms with Gasteiger partial charge in [-0.25, -0.2) is 26.8 Å². The summed E-state index contributed by atoms with van der Waals surface area (Å²) in [6.45, 7) is 10.8. The van der Waals surface area contributed by atoms with E-state index >= 15 is 4.39 Å². The van der Waals surface area contributed by atoms with Gasteiger partial charge in [0.05, 0.1) is 24.6 Å². The van der Waals surface area contributed by atoms with Gasteiger partial charge in [0.15, 0.2) is 0 Å². The van der Waals surface area contributed by atoms with E-state index in [1.807, 2.05) is 4.90 Å². The van der Waals surface area contributed by atoms with E-state index in [1.165, 1.54) is 6.20 Å². The monoisotopic (exact) mass is 627 g/mol. The molecule has 15 heteroatoms. The molecule has 0 spiro atoms. The molecule has 0 saturated carbocycles. The third-order valence-corrected chi connectivity index (χ3v) is 7.82. The summed E-state index contributed by atoms with van der Waals surface area (Å²) in [7, 11) is -3.58. The van der Waals surface area contributed by atoms with Crippen LogP contribution >= 0.6 is 0 Å². The zero-order chi connectivity index (χ0) is 31.9. The van der Waals surface area contributed by atoms with E-state index in [9.17, 15) is 22.4 Å². The van der Waals surface area contributed by atoms with Crippen LogP contribution in [-0.4, -0.2) is 77.4 Å². The third kappa shape index (κ3) is 8.21. The number of fused-ring (bicyclic) bond motifs is 1. The van der Waals surface area contributed by atoms with Crippen molar-refractivity contribution in [2.24, 2.45) is 5.92 Å². The molecule has 4 rings (SSSR count). The lowest BCUT2D eigenvalue weighted by molar-refractivity contribution is -0.0939. The number of rotatable bonds is 6. The molecule has 1 fully saturated rings. The Labute approximate surface area is 250 Å². The molecule has 0 radical (unpaired) electrons. The summed E-state index contributed by atoms with van der Waals surface area (Å²) < 4.78 is 71.4. The van der Waals surface area contributed by atoms with Crippen LogP contribution in [0.5, 0.6) is 0 Å². The van der Waals surface area contributed by atoms with Gasteiger partial charge in [0.1, 0.15) is 28.9 Å². The number of nitrogens with zero attached hydrogens (tertiary/aromatic N) is 3. The van der Waals surface area contributed by atoms with E-state index in [0.717, 1.165) is 28.5 Å². The van der Waals surface area contributed by atoms with Gasteiger partial charge in [-0.15, -0.1) is 0 Å². The summed E-state index contributed by atoms with van der Waals surface area (Å²) in [6.07, 6.45) is -0.136. The second-order valence-corrected chi connectivity index (χ2v) is 14.7. The maximum atomic E-state index is 15.1. The third-order valence-electron chi connectivity index (χ3n) is 6.95. The highest BCUT2D eigenvalue weighted by atomic mass is 32.2. The van der Waals surface area contributed by atoms with Crippen molar-refractivity contribution in [3.8, 4) is 0 Å². The van der Waals surface area contributed by atoms with Gasteiger partial charge >= 0.3 is 12.2 Å². The zero-order valence-corrected chi connectivity index (χ0v) is 26.1. The molecule has 43 heavy (non-hydrogen) atoms. The Balaban J connectivity index is 1.70. The summed E-state index contributed by atoms with van der Waals surface area (Å²) in [4.78, 5) is 27.7. The van der Waals surface area contributed by atoms with Crippen LogP contribution in [0.3, 0.4) is 0 Å². The highest BCUT2D eigenvalue weighted by Crippen LogP contribution is 2.38. The lowest BCUT2D eigenvalue weighted by Gasteiger charge is -2.46. The molecule has 3 heterocycles. The number of amides is 2. The summed E-state index contributed by atoms with van der Waals surface area (Å²) in [5.74, 6) is -2.04. The molecule has 0 aliphatic carbocycles. The minimum absolute atomic E-state index is 0.0180. The van der Waals surface area contributed by atoms with Crippen LogP contribution in [0.4, 0.5) is 18.4 Å². The number of carbonyl (C=O) groups excluding carboxylic acids is 2. The van der Waals surface area contributed by atoms with E-state index in [-0.39, 0.29) is 25.3 Å². The smallest absolute Gasteiger partial charge is 0.407 e. The van der Waals surface area contributed by atoms with Gasteiger partial charge in [0.25, 0.3) is 10.0 Å². The lowest BCUT2D eigenvalue weighted by atomic mass is 9.82. The van der Waals surface area contributed by atoms with Crippen molar-refractivity contribution in [1.29, 1.82) is 0 Å². The molecule has 2 aliphatic rings. The van der Waals surface area contributed by atoms with Crippen molar-refractivity contribution in [2.75, 3.05) is 19.4 Å². The molecule has 12 nitrogen and oxygen atoms in total. The normalized spacial score (nSPS) is 23.0. The number of nitrogens with one attached hydrogen (secondary N) is 2. The number of aromatic nitrogens is 2. The van der Waals surface area contributed by atoms with Crippen molar-refractivity contribution >= 4 is 22.2 Å². The van der Waals surface area contributed by atoms with E-state index in [1.54, 1.807) is 41.5 Å². The van der Waals surface area contributed by atoms with Crippen LogP contribution in [0, 0.1) is 17.6 Å². The first-order valence-electron chi connectivity index (χ1n) is 13.9. The van der Waals surface area contributed by atoms with Crippen LogP contribution in [0.15, 0.2) is 24.4 Å². The molecule has 238 valence electrons. The number of halogens is 2. The van der Waals surface area contributed by atoms with Gasteiger partial charge in [-0.05, 0) is 59.7 Å². The Hall–Kier alpha value is -3.30. The van der Waals surface area contributed by atoms with Gasteiger partial charge < -0.3 is 24.8 Å². The molecule has 2 aromatic rings. The van der Waals surface area contributed by atoms with Crippen molar-refractivity contribution in [2.45, 2.75) is 84.0 Å². The number of hydrogen-bond donors (Lipinski definition) is 2. The fraction of sp³-hybridized carbons (Fsp3) is 0.607.